The van der Waals surface area contributed by atoms with Gasteiger partial charge in [0, 0.05) is 23.1 Å². The van der Waals surface area contributed by atoms with Crippen molar-refractivity contribution >= 4 is 11.9 Å². The lowest BCUT2D eigenvalue weighted by molar-refractivity contribution is -0.133. The summed E-state index contributed by atoms with van der Waals surface area (Å²) in [6.45, 7) is 11.9. The molecule has 0 saturated carbocycles. The second-order valence-electron chi connectivity index (χ2n) is 6.79. The molecule has 3 N–H and O–H groups in total. The summed E-state index contributed by atoms with van der Waals surface area (Å²) in [5.41, 5.74) is 5.22. The number of aromatic hydroxyl groups is 1. The zero-order valence-electron chi connectivity index (χ0n) is 17.6. The molecule has 0 bridgehead atoms. The predicted molar refractivity (Wildman–Crippen MR) is 117 cm³/mol. The van der Waals surface area contributed by atoms with E-state index in [9.17, 15) is 14.7 Å². The standard InChI is InChI=1S/C16H16O2.2C4H6O2/c1-2-9-18-16-14-10-11-5-3-4-6-12(11)13(14)7-8-15(16)17;2*1-3(2)4(5)6/h3-8,17H,2,9-10H2,1H3;2*1H2,2H3,(H,5,6). The molecule has 1 aliphatic rings. The molecule has 6 nitrogen and oxygen atoms in total. The Morgan fingerprint density at radius 3 is 2.00 bits per heavy atom. The molecule has 0 saturated heterocycles. The molecule has 0 unspecified atom stereocenters. The number of hydrogen-bond donors (Lipinski definition) is 3. The summed E-state index contributed by atoms with van der Waals surface area (Å²) in [5.74, 6) is -0.967. The molecular formula is C24H28O6. The zero-order chi connectivity index (χ0) is 22.8. The number of carboxylic acids is 2. The zero-order valence-corrected chi connectivity index (χ0v) is 17.6. The number of fused-ring (bicyclic) bond motifs is 3. The third kappa shape index (κ3) is 6.81. The van der Waals surface area contributed by atoms with Crippen molar-refractivity contribution in [3.63, 3.8) is 0 Å². The van der Waals surface area contributed by atoms with Gasteiger partial charge in [0.1, 0.15) is 0 Å². The second-order valence-corrected chi connectivity index (χ2v) is 6.79. The van der Waals surface area contributed by atoms with E-state index in [2.05, 4.69) is 38.3 Å². The van der Waals surface area contributed by atoms with Crippen molar-refractivity contribution in [3.8, 4) is 22.6 Å². The normalized spacial score (nSPS) is 10.2. The molecule has 2 aromatic carbocycles. The summed E-state index contributed by atoms with van der Waals surface area (Å²) < 4.78 is 5.71. The van der Waals surface area contributed by atoms with Crippen molar-refractivity contribution in [3.05, 3.63) is 71.8 Å². The molecule has 3 rings (SSSR count). The van der Waals surface area contributed by atoms with Crippen molar-refractivity contribution < 1.29 is 29.6 Å². The first-order chi connectivity index (χ1) is 14.1. The van der Waals surface area contributed by atoms with Gasteiger partial charge in [-0.05, 0) is 43.0 Å². The van der Waals surface area contributed by atoms with Crippen LogP contribution in [0, 0.1) is 0 Å². The number of phenolic OH excluding ortho intramolecular Hbond substituents is 1. The molecule has 0 heterocycles. The topological polar surface area (TPSA) is 104 Å². The molecule has 0 spiro atoms. The fourth-order valence-corrected chi connectivity index (χ4v) is 2.54. The Morgan fingerprint density at radius 1 is 0.967 bits per heavy atom. The molecule has 0 aliphatic heterocycles. The van der Waals surface area contributed by atoms with Gasteiger partial charge in [-0.2, -0.15) is 0 Å². The molecule has 1 aliphatic carbocycles. The van der Waals surface area contributed by atoms with Gasteiger partial charge in [-0.1, -0.05) is 50.4 Å². The lowest BCUT2D eigenvalue weighted by Gasteiger charge is -2.11. The van der Waals surface area contributed by atoms with Crippen LogP contribution in [0.2, 0.25) is 0 Å². The van der Waals surface area contributed by atoms with Crippen molar-refractivity contribution in [1.82, 2.24) is 0 Å². The van der Waals surface area contributed by atoms with E-state index in [0.29, 0.717) is 12.4 Å². The van der Waals surface area contributed by atoms with Gasteiger partial charge in [-0.25, -0.2) is 9.59 Å². The van der Waals surface area contributed by atoms with E-state index in [-0.39, 0.29) is 16.9 Å². The Balaban J connectivity index is 0.000000312. The maximum Gasteiger partial charge on any atom is 0.330 e. The van der Waals surface area contributed by atoms with Crippen LogP contribution in [0.4, 0.5) is 0 Å². The van der Waals surface area contributed by atoms with Crippen molar-refractivity contribution in [1.29, 1.82) is 0 Å². The smallest absolute Gasteiger partial charge is 0.330 e. The molecular weight excluding hydrogens is 384 g/mol. The Labute approximate surface area is 176 Å². The van der Waals surface area contributed by atoms with Gasteiger partial charge in [-0.3, -0.25) is 0 Å². The van der Waals surface area contributed by atoms with E-state index in [1.54, 1.807) is 6.07 Å². The van der Waals surface area contributed by atoms with Crippen LogP contribution in [0.1, 0.15) is 38.3 Å². The van der Waals surface area contributed by atoms with Crippen molar-refractivity contribution in [2.24, 2.45) is 0 Å². The van der Waals surface area contributed by atoms with E-state index in [1.165, 1.54) is 30.5 Å². The summed E-state index contributed by atoms with van der Waals surface area (Å²) in [7, 11) is 0. The van der Waals surface area contributed by atoms with Gasteiger partial charge >= 0.3 is 11.9 Å². The lowest BCUT2D eigenvalue weighted by atomic mass is 10.1. The number of carboxylic acid groups (broad SMARTS) is 2. The number of aliphatic carboxylic acids is 2. The molecule has 0 aromatic heterocycles. The van der Waals surface area contributed by atoms with Crippen molar-refractivity contribution in [2.45, 2.75) is 33.6 Å². The lowest BCUT2D eigenvalue weighted by Crippen LogP contribution is -1.98. The quantitative estimate of drug-likeness (QED) is 0.507. The third-order valence-corrected chi connectivity index (χ3v) is 4.10. The first-order valence-electron chi connectivity index (χ1n) is 9.43. The van der Waals surface area contributed by atoms with E-state index < -0.39 is 11.9 Å². The second kappa shape index (κ2) is 11.5. The highest BCUT2D eigenvalue weighted by Crippen LogP contribution is 2.44. The molecule has 0 amide bonds. The molecule has 0 atom stereocenters. The van der Waals surface area contributed by atoms with Crippen LogP contribution in [0.3, 0.4) is 0 Å². The number of phenols is 1. The van der Waals surface area contributed by atoms with Crippen molar-refractivity contribution in [2.75, 3.05) is 6.61 Å². The predicted octanol–water partition coefficient (Wildman–Crippen LogP) is 5.05. The number of rotatable bonds is 5. The molecule has 0 fully saturated rings. The van der Waals surface area contributed by atoms with E-state index >= 15 is 0 Å². The van der Waals surface area contributed by atoms with Crippen LogP contribution in [-0.2, 0) is 16.0 Å². The SMILES string of the molecule is C=C(C)C(=O)O.C=C(C)C(=O)O.CCCOc1c(O)ccc2c1Cc1ccccc1-2. The van der Waals surface area contributed by atoms with Gasteiger partial charge in [0.2, 0.25) is 0 Å². The summed E-state index contributed by atoms with van der Waals surface area (Å²) in [6, 6.07) is 12.1. The summed E-state index contributed by atoms with van der Waals surface area (Å²) in [6.07, 6.45) is 1.79. The van der Waals surface area contributed by atoms with Gasteiger partial charge < -0.3 is 20.1 Å². The highest BCUT2D eigenvalue weighted by molar-refractivity contribution is 5.85. The number of hydrogen-bond acceptors (Lipinski definition) is 4. The average Bonchev–Trinajstić information content (AvgIpc) is 3.06. The van der Waals surface area contributed by atoms with Crippen LogP contribution >= 0.6 is 0 Å². The van der Waals surface area contributed by atoms with Gasteiger partial charge in [0.05, 0.1) is 6.61 Å². The summed E-state index contributed by atoms with van der Waals surface area (Å²) >= 11 is 0. The van der Waals surface area contributed by atoms with Gasteiger partial charge in [-0.15, -0.1) is 0 Å². The fourth-order valence-electron chi connectivity index (χ4n) is 2.54. The third-order valence-electron chi connectivity index (χ3n) is 4.10. The molecule has 6 heteroatoms. The number of carbonyl (C=O) groups is 2. The monoisotopic (exact) mass is 412 g/mol. The van der Waals surface area contributed by atoms with Crippen LogP contribution in [-0.4, -0.2) is 33.9 Å². The minimum Gasteiger partial charge on any atom is -0.504 e. The number of benzene rings is 2. The molecule has 0 radical (unpaired) electrons. The van der Waals surface area contributed by atoms with Crippen LogP contribution in [0.15, 0.2) is 60.7 Å². The van der Waals surface area contributed by atoms with Crippen LogP contribution in [0.5, 0.6) is 11.5 Å². The van der Waals surface area contributed by atoms with Gasteiger partial charge in [0.25, 0.3) is 0 Å². The highest BCUT2D eigenvalue weighted by atomic mass is 16.5. The first kappa shape index (κ1) is 24.5. The van der Waals surface area contributed by atoms with E-state index in [0.717, 1.165) is 18.4 Å². The molecule has 30 heavy (non-hydrogen) atoms. The maximum atomic E-state index is 9.96. The Kier molecular flexibility index (Phi) is 9.36. The number of ether oxygens (including phenoxy) is 1. The minimum absolute atomic E-state index is 0.176. The first-order valence-corrected chi connectivity index (χ1v) is 9.43. The van der Waals surface area contributed by atoms with Crippen LogP contribution in [0.25, 0.3) is 11.1 Å². The Morgan fingerprint density at radius 2 is 1.50 bits per heavy atom. The fraction of sp³-hybridized carbons (Fsp3) is 0.250. The highest BCUT2D eigenvalue weighted by Gasteiger charge is 2.23. The van der Waals surface area contributed by atoms with Gasteiger partial charge in [0.15, 0.2) is 11.5 Å². The summed E-state index contributed by atoms with van der Waals surface area (Å²) in [5, 5.41) is 25.7. The van der Waals surface area contributed by atoms with Crippen LogP contribution < -0.4 is 4.74 Å². The maximum absolute atomic E-state index is 9.96. The molecule has 2 aromatic rings. The minimum atomic E-state index is -0.935. The van der Waals surface area contributed by atoms with E-state index in [1.807, 2.05) is 12.1 Å². The average molecular weight is 412 g/mol. The Bertz CT molecular complexity index is 895. The summed E-state index contributed by atoms with van der Waals surface area (Å²) in [4.78, 5) is 19.2. The largest absolute Gasteiger partial charge is 0.504 e. The Hall–Kier alpha value is -3.54. The van der Waals surface area contributed by atoms with E-state index in [4.69, 9.17) is 14.9 Å². The molecule has 160 valence electrons.